The molecule has 11 heteroatoms. The molecule has 0 unspecified atom stereocenters. The topological polar surface area (TPSA) is 116 Å². The Balaban J connectivity index is 1.50. The van der Waals surface area contributed by atoms with E-state index in [1.165, 1.54) is 36.3 Å². The first-order valence-corrected chi connectivity index (χ1v) is 9.99. The molecule has 0 bridgehead atoms. The Morgan fingerprint density at radius 2 is 2.03 bits per heavy atom. The first-order valence-electron chi connectivity index (χ1n) is 8.63. The molecule has 2 heterocycles. The number of fused-ring (bicyclic) bond motifs is 1. The van der Waals surface area contributed by atoms with E-state index >= 15 is 0 Å². The maximum Gasteiger partial charge on any atom is 0.271 e. The fourth-order valence-electron chi connectivity index (χ4n) is 2.76. The fraction of sp³-hybridized carbons (Fsp3) is 0.0526. The standard InChI is InChI=1S/C19H13ClN6O3S/c20-12-3-1-5-14(7-12)25-18-16(9-23-25)19(22-11-21-18)30-10-17(27)24-13-4-2-6-15(8-13)26(28)29/h1-9,11H,10H2,(H,24,27). The van der Waals surface area contributed by atoms with Crippen molar-refractivity contribution in [2.45, 2.75) is 5.03 Å². The quantitative estimate of drug-likeness (QED) is 0.207. The van der Waals surface area contributed by atoms with E-state index < -0.39 is 4.92 Å². The number of aromatic nitrogens is 4. The molecule has 1 N–H and O–H groups in total. The van der Waals surface area contributed by atoms with Gasteiger partial charge in [0.2, 0.25) is 5.91 Å². The molecule has 1 amide bonds. The van der Waals surface area contributed by atoms with Crippen LogP contribution >= 0.6 is 23.4 Å². The maximum atomic E-state index is 12.3. The molecule has 0 aliphatic heterocycles. The van der Waals surface area contributed by atoms with Crippen molar-refractivity contribution < 1.29 is 9.72 Å². The molecule has 0 aliphatic rings. The van der Waals surface area contributed by atoms with E-state index in [-0.39, 0.29) is 17.3 Å². The van der Waals surface area contributed by atoms with Gasteiger partial charge in [-0.3, -0.25) is 14.9 Å². The number of nitro benzene ring substituents is 1. The molecule has 4 aromatic rings. The summed E-state index contributed by atoms with van der Waals surface area (Å²) in [6.45, 7) is 0. The number of thioether (sulfide) groups is 1. The molecule has 0 radical (unpaired) electrons. The van der Waals surface area contributed by atoms with E-state index in [9.17, 15) is 14.9 Å². The second-order valence-electron chi connectivity index (χ2n) is 6.10. The molecule has 0 saturated carbocycles. The van der Waals surface area contributed by atoms with Crippen molar-refractivity contribution in [3.05, 3.63) is 76.2 Å². The Bertz CT molecular complexity index is 1260. The van der Waals surface area contributed by atoms with Crippen molar-refractivity contribution >= 4 is 51.7 Å². The monoisotopic (exact) mass is 440 g/mol. The highest BCUT2D eigenvalue weighted by Gasteiger charge is 2.14. The molecule has 2 aromatic carbocycles. The van der Waals surface area contributed by atoms with Crippen molar-refractivity contribution in [1.29, 1.82) is 0 Å². The van der Waals surface area contributed by atoms with Gasteiger partial charge < -0.3 is 5.32 Å². The minimum atomic E-state index is -0.514. The van der Waals surface area contributed by atoms with Gasteiger partial charge in [-0.25, -0.2) is 14.6 Å². The lowest BCUT2D eigenvalue weighted by Crippen LogP contribution is -2.14. The average Bonchev–Trinajstić information content (AvgIpc) is 3.17. The fourth-order valence-corrected chi connectivity index (χ4v) is 3.71. The normalized spacial score (nSPS) is 10.8. The summed E-state index contributed by atoms with van der Waals surface area (Å²) in [7, 11) is 0. The van der Waals surface area contributed by atoms with Gasteiger partial charge in [-0.1, -0.05) is 35.5 Å². The van der Waals surface area contributed by atoms with Gasteiger partial charge in [-0.2, -0.15) is 5.10 Å². The van der Waals surface area contributed by atoms with Crippen LogP contribution in [0.15, 0.2) is 66.1 Å². The molecule has 0 aliphatic carbocycles. The van der Waals surface area contributed by atoms with Gasteiger partial charge >= 0.3 is 0 Å². The summed E-state index contributed by atoms with van der Waals surface area (Å²) in [6, 6.07) is 13.0. The third kappa shape index (κ3) is 4.24. The minimum absolute atomic E-state index is 0.0666. The Morgan fingerprint density at radius 1 is 1.20 bits per heavy atom. The zero-order valence-corrected chi connectivity index (χ0v) is 16.8. The number of halogens is 1. The van der Waals surface area contributed by atoms with Crippen LogP contribution in [0.4, 0.5) is 11.4 Å². The number of amides is 1. The van der Waals surface area contributed by atoms with Crippen LogP contribution in [-0.4, -0.2) is 36.3 Å². The maximum absolute atomic E-state index is 12.3. The van der Waals surface area contributed by atoms with Crippen LogP contribution < -0.4 is 5.32 Å². The predicted molar refractivity (Wildman–Crippen MR) is 114 cm³/mol. The number of carbonyl (C=O) groups excluding carboxylic acids is 1. The number of nitrogens with one attached hydrogen (secondary N) is 1. The van der Waals surface area contributed by atoms with E-state index in [1.807, 2.05) is 12.1 Å². The van der Waals surface area contributed by atoms with Gasteiger partial charge in [0.05, 0.1) is 27.9 Å². The Morgan fingerprint density at radius 3 is 2.83 bits per heavy atom. The summed E-state index contributed by atoms with van der Waals surface area (Å²) in [5.74, 6) is -0.244. The lowest BCUT2D eigenvalue weighted by atomic mass is 10.3. The van der Waals surface area contributed by atoms with Crippen LogP contribution in [0, 0.1) is 10.1 Å². The van der Waals surface area contributed by atoms with Crippen LogP contribution in [-0.2, 0) is 4.79 Å². The summed E-state index contributed by atoms with van der Waals surface area (Å²) in [5.41, 5.74) is 1.62. The summed E-state index contributed by atoms with van der Waals surface area (Å²) < 4.78 is 1.65. The zero-order chi connectivity index (χ0) is 21.1. The van der Waals surface area contributed by atoms with E-state index in [0.29, 0.717) is 26.8 Å². The number of anilines is 1. The lowest BCUT2D eigenvalue weighted by molar-refractivity contribution is -0.384. The van der Waals surface area contributed by atoms with Crippen LogP contribution in [0.3, 0.4) is 0 Å². The van der Waals surface area contributed by atoms with Crippen molar-refractivity contribution in [2.24, 2.45) is 0 Å². The first-order chi connectivity index (χ1) is 14.5. The van der Waals surface area contributed by atoms with Gasteiger partial charge in [0, 0.05) is 22.8 Å². The molecule has 0 atom stereocenters. The Labute approximate surface area is 179 Å². The summed E-state index contributed by atoms with van der Waals surface area (Å²) in [6.07, 6.45) is 3.04. The highest BCUT2D eigenvalue weighted by Crippen LogP contribution is 2.27. The van der Waals surface area contributed by atoms with E-state index in [1.54, 1.807) is 29.1 Å². The van der Waals surface area contributed by atoms with Crippen LogP contribution in [0.25, 0.3) is 16.7 Å². The smallest absolute Gasteiger partial charge is 0.271 e. The Kier molecular flexibility index (Phi) is 5.59. The molecule has 150 valence electrons. The summed E-state index contributed by atoms with van der Waals surface area (Å²) in [5, 5.41) is 19.8. The highest BCUT2D eigenvalue weighted by molar-refractivity contribution is 8.00. The third-order valence-electron chi connectivity index (χ3n) is 4.06. The van der Waals surface area contributed by atoms with Gasteiger partial charge in [0.15, 0.2) is 5.65 Å². The largest absolute Gasteiger partial charge is 0.325 e. The molecule has 2 aromatic heterocycles. The molecule has 0 spiro atoms. The van der Waals surface area contributed by atoms with Crippen molar-refractivity contribution in [1.82, 2.24) is 19.7 Å². The first kappa shape index (κ1) is 19.8. The average molecular weight is 441 g/mol. The van der Waals surface area contributed by atoms with Crippen LogP contribution in [0.2, 0.25) is 5.02 Å². The number of nitrogens with zero attached hydrogens (tertiary/aromatic N) is 5. The molecule has 30 heavy (non-hydrogen) atoms. The van der Waals surface area contributed by atoms with E-state index in [2.05, 4.69) is 20.4 Å². The second-order valence-corrected chi connectivity index (χ2v) is 7.50. The summed E-state index contributed by atoms with van der Waals surface area (Å²) >= 11 is 7.29. The van der Waals surface area contributed by atoms with Gasteiger partial charge in [-0.05, 0) is 24.3 Å². The number of carbonyl (C=O) groups is 1. The molecule has 0 fully saturated rings. The highest BCUT2D eigenvalue weighted by atomic mass is 35.5. The van der Waals surface area contributed by atoms with Gasteiger partial charge in [0.25, 0.3) is 5.69 Å². The number of non-ortho nitro benzene ring substituents is 1. The number of hydrogen-bond donors (Lipinski definition) is 1. The van der Waals surface area contributed by atoms with Crippen molar-refractivity contribution in [3.8, 4) is 5.69 Å². The van der Waals surface area contributed by atoms with Gasteiger partial charge in [-0.15, -0.1) is 0 Å². The molecular formula is C19H13ClN6O3S. The number of rotatable bonds is 6. The van der Waals surface area contributed by atoms with E-state index in [0.717, 1.165) is 5.69 Å². The predicted octanol–water partition coefficient (Wildman–Crippen LogP) is 4.11. The second kappa shape index (κ2) is 8.47. The molecule has 0 saturated heterocycles. The lowest BCUT2D eigenvalue weighted by Gasteiger charge is -2.06. The third-order valence-corrected chi connectivity index (χ3v) is 5.30. The Hall–Kier alpha value is -3.50. The van der Waals surface area contributed by atoms with E-state index in [4.69, 9.17) is 11.6 Å². The SMILES string of the molecule is O=C(CSc1ncnc2c1cnn2-c1cccc(Cl)c1)Nc1cccc([N+](=O)[O-])c1. The molecular weight excluding hydrogens is 428 g/mol. The number of benzene rings is 2. The zero-order valence-electron chi connectivity index (χ0n) is 15.2. The molecule has 9 nitrogen and oxygen atoms in total. The molecule has 4 rings (SSSR count). The van der Waals surface area contributed by atoms with Crippen LogP contribution in [0.5, 0.6) is 0 Å². The summed E-state index contributed by atoms with van der Waals surface area (Å²) in [4.78, 5) is 31.2. The van der Waals surface area contributed by atoms with Crippen LogP contribution in [0.1, 0.15) is 0 Å². The number of nitro groups is 1. The minimum Gasteiger partial charge on any atom is -0.325 e. The number of hydrogen-bond acceptors (Lipinski definition) is 7. The van der Waals surface area contributed by atoms with Crippen molar-refractivity contribution in [2.75, 3.05) is 11.1 Å². The van der Waals surface area contributed by atoms with Crippen molar-refractivity contribution in [3.63, 3.8) is 0 Å². The van der Waals surface area contributed by atoms with Gasteiger partial charge in [0.1, 0.15) is 11.4 Å².